The van der Waals surface area contributed by atoms with Gasteiger partial charge in [-0.15, -0.1) is 0 Å². The van der Waals surface area contributed by atoms with Crippen molar-refractivity contribution >= 4 is 35.3 Å². The molecule has 4 rings (SSSR count). The topological polar surface area (TPSA) is 63.7 Å². The van der Waals surface area contributed by atoms with Crippen LogP contribution in [-0.2, 0) is 19.9 Å². The molecule has 2 heterocycles. The smallest absolute Gasteiger partial charge is 0.293 e. The molecule has 1 unspecified atom stereocenters. The number of morpholine rings is 1. The maximum absolute atomic E-state index is 11.1. The van der Waals surface area contributed by atoms with E-state index in [1.165, 1.54) is 0 Å². The zero-order chi connectivity index (χ0) is 21.1. The second kappa shape index (κ2) is 8.82. The molecule has 1 aromatic carbocycles. The summed E-state index contributed by atoms with van der Waals surface area (Å²) < 4.78 is 11.3. The van der Waals surface area contributed by atoms with Gasteiger partial charge in [-0.05, 0) is 55.5 Å². The minimum absolute atomic E-state index is 0.242. The summed E-state index contributed by atoms with van der Waals surface area (Å²) in [7, 11) is 0. The summed E-state index contributed by atoms with van der Waals surface area (Å²) in [5.41, 5.74) is 2.18. The molecule has 1 aliphatic carbocycles. The molecular formula is C23H28ClN3O3. The number of hydrogen-bond acceptors (Lipinski definition) is 6. The van der Waals surface area contributed by atoms with E-state index < -0.39 is 5.60 Å². The zero-order valence-corrected chi connectivity index (χ0v) is 18.2. The maximum atomic E-state index is 11.1. The number of rotatable bonds is 7. The molecule has 2 fully saturated rings. The fourth-order valence-electron chi connectivity index (χ4n) is 4.22. The van der Waals surface area contributed by atoms with Gasteiger partial charge in [0, 0.05) is 29.0 Å². The van der Waals surface area contributed by atoms with Gasteiger partial charge in [0.15, 0.2) is 5.82 Å². The van der Waals surface area contributed by atoms with E-state index in [1.54, 1.807) is 0 Å². The molecule has 1 saturated carbocycles. The van der Waals surface area contributed by atoms with Gasteiger partial charge in [0.1, 0.15) is 5.60 Å². The van der Waals surface area contributed by atoms with Crippen LogP contribution in [-0.4, -0.2) is 37.3 Å². The average Bonchev–Trinajstić information content (AvgIpc) is 2.72. The van der Waals surface area contributed by atoms with Gasteiger partial charge < -0.3 is 19.7 Å². The third kappa shape index (κ3) is 4.12. The number of carbonyl (C=O) groups is 1. The minimum atomic E-state index is -0.563. The SMILES string of the molecule is CC(C)C1COCCN1c1ncc(C2(OC=O)CCC2)cc1Nc1ccc(Cl)cc1. The molecule has 1 aromatic heterocycles. The van der Waals surface area contributed by atoms with E-state index in [1.807, 2.05) is 30.5 Å². The standard InChI is InChI=1S/C23H28ClN3O3/c1-16(2)21-14-29-11-10-27(21)22-20(26-19-6-4-18(24)5-7-19)12-17(13-25-22)23(30-15-28)8-3-9-23/h4-7,12-13,15-16,21,26H,3,8-11,14H2,1-2H3. The van der Waals surface area contributed by atoms with Crippen molar-refractivity contribution in [2.45, 2.75) is 44.8 Å². The van der Waals surface area contributed by atoms with Gasteiger partial charge >= 0.3 is 0 Å². The number of hydrogen-bond donors (Lipinski definition) is 1. The number of carbonyl (C=O) groups excluding carboxylic acids is 1. The Morgan fingerprint density at radius 2 is 2.10 bits per heavy atom. The van der Waals surface area contributed by atoms with Crippen LogP contribution in [0.3, 0.4) is 0 Å². The number of nitrogens with zero attached hydrogens (tertiary/aromatic N) is 2. The summed E-state index contributed by atoms with van der Waals surface area (Å²) in [5, 5.41) is 4.20. The maximum Gasteiger partial charge on any atom is 0.293 e. The van der Waals surface area contributed by atoms with Crippen molar-refractivity contribution in [1.29, 1.82) is 0 Å². The number of anilines is 3. The van der Waals surface area contributed by atoms with Crippen LogP contribution in [0.25, 0.3) is 0 Å². The normalized spacial score (nSPS) is 20.5. The lowest BCUT2D eigenvalue weighted by molar-refractivity contribution is -0.155. The van der Waals surface area contributed by atoms with Gasteiger partial charge in [-0.3, -0.25) is 4.79 Å². The molecule has 7 heteroatoms. The highest BCUT2D eigenvalue weighted by Gasteiger charge is 2.42. The van der Waals surface area contributed by atoms with Crippen molar-refractivity contribution in [3.63, 3.8) is 0 Å². The molecule has 0 spiro atoms. The van der Waals surface area contributed by atoms with Crippen LogP contribution < -0.4 is 10.2 Å². The quantitative estimate of drug-likeness (QED) is 0.632. The van der Waals surface area contributed by atoms with Crippen molar-refractivity contribution in [3.05, 3.63) is 47.1 Å². The van der Waals surface area contributed by atoms with Crippen LogP contribution in [0.15, 0.2) is 36.5 Å². The van der Waals surface area contributed by atoms with E-state index in [-0.39, 0.29) is 6.04 Å². The Kier molecular flexibility index (Phi) is 6.16. The lowest BCUT2D eigenvalue weighted by Gasteiger charge is -2.42. The lowest BCUT2D eigenvalue weighted by Crippen LogP contribution is -2.49. The van der Waals surface area contributed by atoms with Crippen molar-refractivity contribution in [1.82, 2.24) is 4.98 Å². The first-order valence-corrected chi connectivity index (χ1v) is 10.9. The number of ether oxygens (including phenoxy) is 2. The number of halogens is 1. The van der Waals surface area contributed by atoms with E-state index in [2.05, 4.69) is 30.1 Å². The molecule has 0 amide bonds. The summed E-state index contributed by atoms with van der Waals surface area (Å²) in [5.74, 6) is 1.31. The van der Waals surface area contributed by atoms with Crippen LogP contribution >= 0.6 is 11.6 Å². The first-order valence-electron chi connectivity index (χ1n) is 10.5. The second-order valence-corrected chi connectivity index (χ2v) is 8.81. The lowest BCUT2D eigenvalue weighted by atomic mass is 9.75. The Morgan fingerprint density at radius 1 is 1.33 bits per heavy atom. The first-order chi connectivity index (χ1) is 14.5. The van der Waals surface area contributed by atoms with E-state index in [4.69, 9.17) is 26.1 Å². The molecule has 30 heavy (non-hydrogen) atoms. The first kappa shape index (κ1) is 20.9. The molecule has 6 nitrogen and oxygen atoms in total. The van der Waals surface area contributed by atoms with Gasteiger partial charge in [0.05, 0.1) is 24.9 Å². The molecule has 1 aliphatic heterocycles. The fraction of sp³-hybridized carbons (Fsp3) is 0.478. The van der Waals surface area contributed by atoms with Crippen molar-refractivity contribution in [2.24, 2.45) is 5.92 Å². The van der Waals surface area contributed by atoms with Crippen LogP contribution in [0.4, 0.5) is 17.2 Å². The van der Waals surface area contributed by atoms with E-state index >= 15 is 0 Å². The Hall–Kier alpha value is -2.31. The second-order valence-electron chi connectivity index (χ2n) is 8.37. The van der Waals surface area contributed by atoms with Crippen LogP contribution in [0, 0.1) is 5.92 Å². The highest BCUT2D eigenvalue weighted by Crippen LogP contribution is 2.46. The molecule has 2 aliphatic rings. The van der Waals surface area contributed by atoms with E-state index in [0.717, 1.165) is 48.6 Å². The largest absolute Gasteiger partial charge is 0.456 e. The molecular weight excluding hydrogens is 402 g/mol. The molecule has 0 radical (unpaired) electrons. The summed E-state index contributed by atoms with van der Waals surface area (Å²) in [6.07, 6.45) is 4.53. The number of aromatic nitrogens is 1. The van der Waals surface area contributed by atoms with Gasteiger partial charge in [-0.1, -0.05) is 25.4 Å². The van der Waals surface area contributed by atoms with Crippen molar-refractivity contribution < 1.29 is 14.3 Å². The highest BCUT2D eigenvalue weighted by atomic mass is 35.5. The van der Waals surface area contributed by atoms with Crippen LogP contribution in [0.2, 0.25) is 5.02 Å². The van der Waals surface area contributed by atoms with Gasteiger partial charge in [-0.2, -0.15) is 0 Å². The highest BCUT2D eigenvalue weighted by molar-refractivity contribution is 6.30. The number of nitrogens with one attached hydrogen (secondary N) is 1. The summed E-state index contributed by atoms with van der Waals surface area (Å²) in [6, 6.07) is 9.92. The van der Waals surface area contributed by atoms with Crippen molar-refractivity contribution in [2.75, 3.05) is 30.0 Å². The summed E-state index contributed by atoms with van der Waals surface area (Å²) >= 11 is 6.06. The summed E-state index contributed by atoms with van der Waals surface area (Å²) in [4.78, 5) is 18.3. The molecule has 160 valence electrons. The number of pyridine rings is 1. The van der Waals surface area contributed by atoms with Crippen LogP contribution in [0.1, 0.15) is 38.7 Å². The third-order valence-corrected chi connectivity index (χ3v) is 6.41. The molecule has 1 atom stereocenters. The Labute approximate surface area is 182 Å². The van der Waals surface area contributed by atoms with Gasteiger partial charge in [0.2, 0.25) is 0 Å². The Bertz CT molecular complexity index is 884. The average molecular weight is 430 g/mol. The molecule has 0 bridgehead atoms. The van der Waals surface area contributed by atoms with E-state index in [9.17, 15) is 4.79 Å². The Morgan fingerprint density at radius 3 is 2.73 bits per heavy atom. The summed E-state index contributed by atoms with van der Waals surface area (Å²) in [6.45, 7) is 7.09. The van der Waals surface area contributed by atoms with Crippen molar-refractivity contribution in [3.8, 4) is 0 Å². The fourth-order valence-corrected chi connectivity index (χ4v) is 4.34. The number of benzene rings is 1. The van der Waals surface area contributed by atoms with E-state index in [0.29, 0.717) is 30.6 Å². The third-order valence-electron chi connectivity index (χ3n) is 6.16. The van der Waals surface area contributed by atoms with Crippen LogP contribution in [0.5, 0.6) is 0 Å². The Balaban J connectivity index is 1.74. The van der Waals surface area contributed by atoms with Gasteiger partial charge in [-0.25, -0.2) is 4.98 Å². The van der Waals surface area contributed by atoms with Gasteiger partial charge in [0.25, 0.3) is 6.47 Å². The predicted molar refractivity (Wildman–Crippen MR) is 118 cm³/mol. The molecule has 1 saturated heterocycles. The molecule has 2 aromatic rings. The monoisotopic (exact) mass is 429 g/mol. The zero-order valence-electron chi connectivity index (χ0n) is 17.4. The molecule has 1 N–H and O–H groups in total. The predicted octanol–water partition coefficient (Wildman–Crippen LogP) is 4.89. The minimum Gasteiger partial charge on any atom is -0.456 e.